The lowest BCUT2D eigenvalue weighted by Gasteiger charge is -2.17. The van der Waals surface area contributed by atoms with Gasteiger partial charge in [0.2, 0.25) is 0 Å². The van der Waals surface area contributed by atoms with Crippen molar-refractivity contribution in [2.24, 2.45) is 5.92 Å². The zero-order chi connectivity index (χ0) is 14.5. The van der Waals surface area contributed by atoms with E-state index in [2.05, 4.69) is 15.2 Å². The summed E-state index contributed by atoms with van der Waals surface area (Å²) < 4.78 is 0. The highest BCUT2D eigenvalue weighted by Gasteiger charge is 2.17. The van der Waals surface area contributed by atoms with Crippen molar-refractivity contribution in [1.82, 2.24) is 10.3 Å². The lowest BCUT2D eigenvalue weighted by Crippen LogP contribution is -2.30. The Balaban J connectivity index is 2.08. The Bertz CT molecular complexity index is 475. The molecule has 6 heteroatoms. The lowest BCUT2D eigenvalue weighted by molar-refractivity contribution is 0.0942. The standard InChI is InChI=1S/C14H20ClN3O2/c1-10(9-19)8-16-14(20)11-6-12(15)17-13(7-11)18-4-2-3-5-18/h6-7,10,19H,2-5,8-9H2,1H3,(H,16,20). The molecular weight excluding hydrogens is 278 g/mol. The predicted octanol–water partition coefficient (Wildman–Crippen LogP) is 1.69. The summed E-state index contributed by atoms with van der Waals surface area (Å²) >= 11 is 6.00. The third-order valence-corrected chi connectivity index (χ3v) is 3.59. The second kappa shape index (κ2) is 6.90. The van der Waals surface area contributed by atoms with Crippen LogP contribution < -0.4 is 10.2 Å². The van der Waals surface area contributed by atoms with Crippen molar-refractivity contribution in [1.29, 1.82) is 0 Å². The van der Waals surface area contributed by atoms with Gasteiger partial charge in [0, 0.05) is 31.8 Å². The summed E-state index contributed by atoms with van der Waals surface area (Å²) in [5.74, 6) is 0.611. The van der Waals surface area contributed by atoms with Crippen molar-refractivity contribution in [3.8, 4) is 0 Å². The first-order valence-electron chi connectivity index (χ1n) is 6.91. The molecule has 0 saturated carbocycles. The number of aromatic nitrogens is 1. The molecule has 2 heterocycles. The maximum Gasteiger partial charge on any atom is 0.251 e. The Morgan fingerprint density at radius 3 is 2.85 bits per heavy atom. The van der Waals surface area contributed by atoms with Crippen LogP contribution in [0.2, 0.25) is 5.15 Å². The molecule has 1 aromatic rings. The summed E-state index contributed by atoms with van der Waals surface area (Å²) in [4.78, 5) is 18.5. The number of carbonyl (C=O) groups is 1. The second-order valence-corrected chi connectivity index (χ2v) is 5.62. The first kappa shape index (κ1) is 15.1. The molecule has 5 nitrogen and oxygen atoms in total. The maximum absolute atomic E-state index is 12.1. The molecule has 0 aromatic carbocycles. The molecule has 1 amide bonds. The van der Waals surface area contributed by atoms with E-state index in [4.69, 9.17) is 16.7 Å². The summed E-state index contributed by atoms with van der Waals surface area (Å²) in [5, 5.41) is 12.1. The van der Waals surface area contributed by atoms with Crippen LogP contribution in [0.3, 0.4) is 0 Å². The van der Waals surface area contributed by atoms with E-state index in [0.717, 1.165) is 31.7 Å². The van der Waals surface area contributed by atoms with Gasteiger partial charge in [-0.25, -0.2) is 4.98 Å². The number of rotatable bonds is 5. The molecule has 0 spiro atoms. The molecule has 1 unspecified atom stereocenters. The monoisotopic (exact) mass is 297 g/mol. The quantitative estimate of drug-likeness (QED) is 0.812. The summed E-state index contributed by atoms with van der Waals surface area (Å²) in [6, 6.07) is 3.34. The van der Waals surface area contributed by atoms with Crippen LogP contribution in [0.15, 0.2) is 12.1 Å². The van der Waals surface area contributed by atoms with Gasteiger partial charge in [-0.3, -0.25) is 4.79 Å². The third kappa shape index (κ3) is 3.84. The van der Waals surface area contributed by atoms with Crippen molar-refractivity contribution < 1.29 is 9.90 Å². The van der Waals surface area contributed by atoms with E-state index in [1.165, 1.54) is 0 Å². The van der Waals surface area contributed by atoms with E-state index in [-0.39, 0.29) is 18.4 Å². The topological polar surface area (TPSA) is 65.5 Å². The van der Waals surface area contributed by atoms with E-state index < -0.39 is 0 Å². The van der Waals surface area contributed by atoms with E-state index >= 15 is 0 Å². The van der Waals surface area contributed by atoms with Crippen molar-refractivity contribution in [3.05, 3.63) is 22.8 Å². The zero-order valence-electron chi connectivity index (χ0n) is 11.6. The molecule has 1 saturated heterocycles. The van der Waals surface area contributed by atoms with Gasteiger partial charge in [0.1, 0.15) is 11.0 Å². The molecule has 2 N–H and O–H groups in total. The maximum atomic E-state index is 12.1. The van der Waals surface area contributed by atoms with Crippen LogP contribution >= 0.6 is 11.6 Å². The number of nitrogens with zero attached hydrogens (tertiary/aromatic N) is 2. The van der Waals surface area contributed by atoms with Gasteiger partial charge in [-0.15, -0.1) is 0 Å². The van der Waals surface area contributed by atoms with E-state index in [1.54, 1.807) is 12.1 Å². The summed E-state index contributed by atoms with van der Waals surface area (Å²) in [5.41, 5.74) is 0.511. The molecule has 0 radical (unpaired) electrons. The average Bonchev–Trinajstić information content (AvgIpc) is 2.97. The molecule has 20 heavy (non-hydrogen) atoms. The highest BCUT2D eigenvalue weighted by Crippen LogP contribution is 2.22. The van der Waals surface area contributed by atoms with Crippen LogP contribution in [-0.2, 0) is 0 Å². The van der Waals surface area contributed by atoms with Crippen LogP contribution in [-0.4, -0.2) is 42.2 Å². The summed E-state index contributed by atoms with van der Waals surface area (Å²) in [6.45, 7) is 4.27. The Morgan fingerprint density at radius 1 is 1.50 bits per heavy atom. The molecule has 0 bridgehead atoms. The summed E-state index contributed by atoms with van der Waals surface area (Å²) in [7, 11) is 0. The number of hydrogen-bond donors (Lipinski definition) is 2. The van der Waals surface area contributed by atoms with Gasteiger partial charge in [0.15, 0.2) is 0 Å². The second-order valence-electron chi connectivity index (χ2n) is 5.23. The van der Waals surface area contributed by atoms with E-state index in [1.807, 2.05) is 6.92 Å². The predicted molar refractivity (Wildman–Crippen MR) is 79.3 cm³/mol. The number of pyridine rings is 1. The molecule has 110 valence electrons. The number of amides is 1. The van der Waals surface area contributed by atoms with Crippen molar-refractivity contribution in [2.45, 2.75) is 19.8 Å². The van der Waals surface area contributed by atoms with Gasteiger partial charge in [0.05, 0.1) is 0 Å². The molecular formula is C14H20ClN3O2. The number of anilines is 1. The first-order chi connectivity index (χ1) is 9.60. The molecule has 1 aliphatic heterocycles. The molecule has 1 aromatic heterocycles. The Hall–Kier alpha value is -1.33. The third-order valence-electron chi connectivity index (χ3n) is 3.40. The number of aliphatic hydroxyl groups excluding tert-OH is 1. The van der Waals surface area contributed by atoms with Gasteiger partial charge >= 0.3 is 0 Å². The fraction of sp³-hybridized carbons (Fsp3) is 0.571. The van der Waals surface area contributed by atoms with Crippen LogP contribution in [0.5, 0.6) is 0 Å². The normalized spacial score (nSPS) is 16.2. The Morgan fingerprint density at radius 2 is 2.20 bits per heavy atom. The molecule has 1 atom stereocenters. The molecule has 0 aliphatic carbocycles. The molecule has 2 rings (SSSR count). The Labute approximate surface area is 123 Å². The zero-order valence-corrected chi connectivity index (χ0v) is 12.4. The average molecular weight is 298 g/mol. The molecule has 1 aliphatic rings. The molecule has 1 fully saturated rings. The van der Waals surface area contributed by atoms with Crippen molar-refractivity contribution >= 4 is 23.3 Å². The smallest absolute Gasteiger partial charge is 0.251 e. The highest BCUT2D eigenvalue weighted by molar-refractivity contribution is 6.29. The SMILES string of the molecule is CC(CO)CNC(=O)c1cc(Cl)nc(N2CCCC2)c1. The van der Waals surface area contributed by atoms with Crippen LogP contribution in [0.4, 0.5) is 5.82 Å². The minimum atomic E-state index is -0.185. The van der Waals surface area contributed by atoms with Crippen molar-refractivity contribution in [2.75, 3.05) is 31.1 Å². The fourth-order valence-corrected chi connectivity index (χ4v) is 2.36. The van der Waals surface area contributed by atoms with E-state index in [0.29, 0.717) is 17.3 Å². The number of nitrogens with one attached hydrogen (secondary N) is 1. The lowest BCUT2D eigenvalue weighted by atomic mass is 10.2. The first-order valence-corrected chi connectivity index (χ1v) is 7.29. The number of halogens is 1. The minimum Gasteiger partial charge on any atom is -0.396 e. The van der Waals surface area contributed by atoms with Crippen molar-refractivity contribution in [3.63, 3.8) is 0 Å². The summed E-state index contributed by atoms with van der Waals surface area (Å²) in [6.07, 6.45) is 2.29. The van der Waals surface area contributed by atoms with Crippen LogP contribution in [0.25, 0.3) is 0 Å². The number of carbonyl (C=O) groups excluding carboxylic acids is 1. The van der Waals surface area contributed by atoms with Gasteiger partial charge in [0.25, 0.3) is 5.91 Å². The number of aliphatic hydroxyl groups is 1. The van der Waals surface area contributed by atoms with Gasteiger partial charge in [-0.2, -0.15) is 0 Å². The van der Waals surface area contributed by atoms with Gasteiger partial charge in [-0.05, 0) is 30.9 Å². The largest absolute Gasteiger partial charge is 0.396 e. The van der Waals surface area contributed by atoms with Crippen LogP contribution in [0.1, 0.15) is 30.1 Å². The Kier molecular flexibility index (Phi) is 5.20. The minimum absolute atomic E-state index is 0.0364. The van der Waals surface area contributed by atoms with Gasteiger partial charge in [-0.1, -0.05) is 18.5 Å². The number of hydrogen-bond acceptors (Lipinski definition) is 4. The highest BCUT2D eigenvalue weighted by atomic mass is 35.5. The van der Waals surface area contributed by atoms with E-state index in [9.17, 15) is 4.79 Å². The van der Waals surface area contributed by atoms with Gasteiger partial charge < -0.3 is 15.3 Å². The fourth-order valence-electron chi connectivity index (χ4n) is 2.16. The van der Waals surface area contributed by atoms with Crippen LogP contribution in [0, 0.1) is 5.92 Å².